The topological polar surface area (TPSA) is 128 Å². The second-order valence-corrected chi connectivity index (χ2v) is 4.97. The molecule has 1 radical (unpaired) electrons. The molecular weight excluding hydrogens is 426 g/mol. The summed E-state index contributed by atoms with van der Waals surface area (Å²) < 4.78 is 34.1. The molecule has 0 heterocycles. The third kappa shape index (κ3) is 6.47. The van der Waals surface area contributed by atoms with Crippen molar-refractivity contribution in [3.05, 3.63) is 31.2 Å². The number of benzene rings is 1. The third-order valence-corrected chi connectivity index (χ3v) is 3.19. The molecule has 0 aliphatic heterocycles. The Morgan fingerprint density at radius 1 is 0.800 bits per heavy atom. The molecule has 0 aromatic heterocycles. The molecular formula is C8Cl4CuN2O4S. The van der Waals surface area contributed by atoms with Crippen LogP contribution in [0.15, 0.2) is 0 Å². The summed E-state index contributed by atoms with van der Waals surface area (Å²) in [5, 5.41) is 17.2. The molecule has 0 saturated heterocycles. The average Bonchev–Trinajstić information content (AvgIpc) is 2.25. The Balaban J connectivity index is 0. The van der Waals surface area contributed by atoms with Crippen LogP contribution < -0.4 is 0 Å². The summed E-state index contributed by atoms with van der Waals surface area (Å²) >= 11 is 22.8. The second-order valence-electron chi connectivity index (χ2n) is 2.64. The number of hydrogen-bond acceptors (Lipinski definition) is 6. The molecule has 0 spiro atoms. The first kappa shape index (κ1) is 22.0. The zero-order valence-electron chi connectivity index (χ0n) is 8.75. The molecule has 20 heavy (non-hydrogen) atoms. The van der Waals surface area contributed by atoms with Crippen molar-refractivity contribution in [2.24, 2.45) is 0 Å². The summed E-state index contributed by atoms with van der Waals surface area (Å²) in [4.78, 5) is 0. The molecule has 0 aliphatic carbocycles. The maximum Gasteiger partial charge on any atom is 2.00 e. The van der Waals surface area contributed by atoms with Gasteiger partial charge >= 0.3 is 17.1 Å². The van der Waals surface area contributed by atoms with Gasteiger partial charge in [-0.2, -0.15) is 10.5 Å². The van der Waals surface area contributed by atoms with Gasteiger partial charge in [-0.1, -0.05) is 46.4 Å². The van der Waals surface area contributed by atoms with Gasteiger partial charge in [-0.05, 0) is 0 Å². The normalized spacial score (nSPS) is 9.40. The number of nitriles is 2. The molecule has 12 heteroatoms. The predicted molar refractivity (Wildman–Crippen MR) is 66.4 cm³/mol. The van der Waals surface area contributed by atoms with Crippen molar-refractivity contribution < 1.29 is 34.6 Å². The largest absolute Gasteiger partial charge is 2.00 e. The van der Waals surface area contributed by atoms with E-state index in [0.717, 1.165) is 0 Å². The van der Waals surface area contributed by atoms with Gasteiger partial charge in [0.15, 0.2) is 0 Å². The molecule has 0 atom stereocenters. The van der Waals surface area contributed by atoms with E-state index in [1.807, 2.05) is 0 Å². The van der Waals surface area contributed by atoms with Gasteiger partial charge in [-0.3, -0.25) is 8.42 Å². The van der Waals surface area contributed by atoms with E-state index in [-0.39, 0.29) is 48.3 Å². The number of nitrogens with zero attached hydrogens (tertiary/aromatic N) is 2. The third-order valence-electron chi connectivity index (χ3n) is 1.49. The minimum atomic E-state index is -5.17. The van der Waals surface area contributed by atoms with Gasteiger partial charge in [0.25, 0.3) is 0 Å². The fourth-order valence-corrected chi connectivity index (χ4v) is 1.90. The van der Waals surface area contributed by atoms with Crippen molar-refractivity contribution in [3.63, 3.8) is 0 Å². The molecule has 0 aliphatic rings. The second kappa shape index (κ2) is 8.91. The van der Waals surface area contributed by atoms with Crippen LogP contribution in [0.2, 0.25) is 20.1 Å². The summed E-state index contributed by atoms with van der Waals surface area (Å²) in [7, 11) is -5.17. The van der Waals surface area contributed by atoms with E-state index in [4.69, 9.17) is 74.5 Å². The van der Waals surface area contributed by atoms with Crippen LogP contribution in [-0.2, 0) is 27.5 Å². The van der Waals surface area contributed by atoms with Crippen LogP contribution in [0.25, 0.3) is 0 Å². The van der Waals surface area contributed by atoms with Crippen molar-refractivity contribution in [2.45, 2.75) is 0 Å². The van der Waals surface area contributed by atoms with E-state index in [1.54, 1.807) is 12.1 Å². The van der Waals surface area contributed by atoms with Crippen LogP contribution >= 0.6 is 46.4 Å². The fraction of sp³-hybridized carbons (Fsp3) is 0. The van der Waals surface area contributed by atoms with Gasteiger partial charge in [0.05, 0.1) is 31.2 Å². The summed E-state index contributed by atoms with van der Waals surface area (Å²) in [6, 6.07) is 3.50. The van der Waals surface area contributed by atoms with Crippen LogP contribution in [0.4, 0.5) is 0 Å². The summed E-state index contributed by atoms with van der Waals surface area (Å²) in [5.74, 6) is 0. The van der Waals surface area contributed by atoms with Gasteiger partial charge in [-0.15, -0.1) is 0 Å². The molecule has 1 aromatic rings. The minimum Gasteiger partial charge on any atom is -0.759 e. The van der Waals surface area contributed by atoms with Crippen molar-refractivity contribution in [3.8, 4) is 12.1 Å². The standard InChI is InChI=1S/C8Cl4N2.Cu.H2O4S/c9-5-3(1-13)6(10)8(12)7(11)4(5)2-14;;1-5(2,3)4/h;;(H2,1,2,3,4)/q;+2;/p-2. The Morgan fingerprint density at radius 3 is 1.25 bits per heavy atom. The van der Waals surface area contributed by atoms with E-state index >= 15 is 0 Å². The van der Waals surface area contributed by atoms with Gasteiger partial charge in [0.2, 0.25) is 0 Å². The van der Waals surface area contributed by atoms with Gasteiger partial charge < -0.3 is 9.11 Å². The molecule has 0 N–H and O–H groups in total. The van der Waals surface area contributed by atoms with Crippen LogP contribution in [0.3, 0.4) is 0 Å². The maximum atomic E-state index is 8.70. The summed E-state index contributed by atoms with van der Waals surface area (Å²) in [5.41, 5.74) is -0.0847. The monoisotopic (exact) mass is 423 g/mol. The SMILES string of the molecule is N#Cc1c(Cl)c(Cl)c(Cl)c(C#N)c1Cl.O=S(=O)([O-])[O-].[Cu+2]. The van der Waals surface area contributed by atoms with Crippen LogP contribution in [-0.4, -0.2) is 17.5 Å². The van der Waals surface area contributed by atoms with Gasteiger partial charge in [0, 0.05) is 10.4 Å². The Labute approximate surface area is 144 Å². The Bertz CT molecular complexity index is 647. The molecule has 0 fully saturated rings. The average molecular weight is 426 g/mol. The Kier molecular flexibility index (Phi) is 9.82. The zero-order valence-corrected chi connectivity index (χ0v) is 13.5. The van der Waals surface area contributed by atoms with Crippen molar-refractivity contribution in [1.29, 1.82) is 10.5 Å². The number of halogens is 4. The molecule has 6 nitrogen and oxygen atoms in total. The van der Waals surface area contributed by atoms with Crippen molar-refractivity contribution in [1.82, 2.24) is 0 Å². The van der Waals surface area contributed by atoms with E-state index in [0.29, 0.717) is 0 Å². The van der Waals surface area contributed by atoms with Gasteiger partial charge in [0.1, 0.15) is 12.1 Å². The fourth-order valence-electron chi connectivity index (χ4n) is 0.830. The van der Waals surface area contributed by atoms with E-state index in [2.05, 4.69) is 0 Å². The molecule has 1 aromatic carbocycles. The minimum absolute atomic E-state index is 0. The summed E-state index contributed by atoms with van der Waals surface area (Å²) in [6.07, 6.45) is 0. The molecule has 1 rings (SSSR count). The summed E-state index contributed by atoms with van der Waals surface area (Å²) in [6.45, 7) is 0. The Hall–Kier alpha value is -0.251. The first-order valence-corrected chi connectivity index (χ1v) is 6.72. The molecule has 0 saturated carbocycles. The van der Waals surface area contributed by atoms with Crippen molar-refractivity contribution in [2.75, 3.05) is 0 Å². The molecule has 0 unspecified atom stereocenters. The Morgan fingerprint density at radius 2 is 1.05 bits per heavy atom. The van der Waals surface area contributed by atoms with Crippen LogP contribution in [0, 0.1) is 22.7 Å². The quantitative estimate of drug-likeness (QED) is 0.207. The van der Waals surface area contributed by atoms with E-state index in [1.165, 1.54) is 0 Å². The van der Waals surface area contributed by atoms with Gasteiger partial charge in [-0.25, -0.2) is 0 Å². The number of rotatable bonds is 0. The van der Waals surface area contributed by atoms with E-state index < -0.39 is 10.4 Å². The van der Waals surface area contributed by atoms with Crippen LogP contribution in [0.5, 0.6) is 0 Å². The smallest absolute Gasteiger partial charge is 0.759 e. The maximum absolute atomic E-state index is 8.70. The van der Waals surface area contributed by atoms with E-state index in [9.17, 15) is 0 Å². The molecule has 0 amide bonds. The first-order chi connectivity index (χ1) is 8.54. The predicted octanol–water partition coefficient (Wildman–Crippen LogP) is 2.70. The van der Waals surface area contributed by atoms with Crippen LogP contribution in [0.1, 0.15) is 11.1 Å². The molecule has 111 valence electrons. The van der Waals surface area contributed by atoms with Crippen molar-refractivity contribution >= 4 is 56.8 Å². The first-order valence-electron chi connectivity index (χ1n) is 3.87. The zero-order chi connectivity index (χ0) is 15.4. The molecule has 0 bridgehead atoms. The number of hydrogen-bond donors (Lipinski definition) is 0.